The van der Waals surface area contributed by atoms with Crippen LogP contribution in [0, 0.1) is 0 Å². The molecule has 122 valence electrons. The summed E-state index contributed by atoms with van der Waals surface area (Å²) in [6.45, 7) is 2.61. The third-order valence-electron chi connectivity index (χ3n) is 3.34. The number of ether oxygens (including phenoxy) is 1. The summed E-state index contributed by atoms with van der Waals surface area (Å²) in [5.74, 6) is 0.775. The number of aryl methyl sites for hydroxylation is 1. The molecule has 2 aromatic carbocycles. The van der Waals surface area contributed by atoms with E-state index in [0.717, 1.165) is 22.3 Å². The van der Waals surface area contributed by atoms with Gasteiger partial charge in [-0.3, -0.25) is 4.79 Å². The smallest absolute Gasteiger partial charge is 0.224 e. The molecule has 0 unspecified atom stereocenters. The minimum atomic E-state index is -0.0312. The molecule has 0 fully saturated rings. The van der Waals surface area contributed by atoms with Gasteiger partial charge in [-0.15, -0.1) is 0 Å². The van der Waals surface area contributed by atoms with Gasteiger partial charge in [0, 0.05) is 17.1 Å². The van der Waals surface area contributed by atoms with Crippen LogP contribution in [0.5, 0.6) is 5.75 Å². The molecule has 0 aliphatic heterocycles. The van der Waals surface area contributed by atoms with Crippen LogP contribution in [0.15, 0.2) is 46.9 Å². The summed E-state index contributed by atoms with van der Waals surface area (Å²) in [7, 11) is 0. The van der Waals surface area contributed by atoms with Gasteiger partial charge >= 0.3 is 0 Å². The van der Waals surface area contributed by atoms with Gasteiger partial charge in [-0.1, -0.05) is 24.6 Å². The first-order valence-corrected chi connectivity index (χ1v) is 8.72. The lowest BCUT2D eigenvalue weighted by Crippen LogP contribution is -2.12. The van der Waals surface area contributed by atoms with Crippen molar-refractivity contribution in [1.82, 2.24) is 0 Å². The number of carbonyl (C=O) groups excluding carboxylic acids is 1. The molecule has 23 heavy (non-hydrogen) atoms. The summed E-state index contributed by atoms with van der Waals surface area (Å²) in [6.07, 6.45) is 2.05. The van der Waals surface area contributed by atoms with Gasteiger partial charge in [-0.25, -0.2) is 0 Å². The van der Waals surface area contributed by atoms with Crippen LogP contribution in [0.2, 0.25) is 5.02 Å². The van der Waals surface area contributed by atoms with Crippen molar-refractivity contribution in [2.24, 2.45) is 0 Å². The van der Waals surface area contributed by atoms with E-state index in [1.807, 2.05) is 12.1 Å². The number of amides is 1. The summed E-state index contributed by atoms with van der Waals surface area (Å²) in [6, 6.07) is 13.1. The molecule has 0 radical (unpaired) electrons. The Hall–Kier alpha value is -1.52. The number of nitrogens with one attached hydrogen (secondary N) is 1. The molecule has 0 heterocycles. The Morgan fingerprint density at radius 3 is 2.61 bits per heavy atom. The minimum Gasteiger partial charge on any atom is -0.492 e. The molecule has 0 saturated heterocycles. The zero-order valence-electron chi connectivity index (χ0n) is 12.9. The zero-order valence-corrected chi connectivity index (χ0v) is 15.3. The molecule has 0 bridgehead atoms. The Morgan fingerprint density at radius 1 is 1.22 bits per heavy atom. The third kappa shape index (κ3) is 5.88. The van der Waals surface area contributed by atoms with E-state index in [1.54, 1.807) is 24.3 Å². The van der Waals surface area contributed by atoms with E-state index in [-0.39, 0.29) is 5.91 Å². The molecule has 0 atom stereocenters. The average molecular weight is 397 g/mol. The number of rotatable bonds is 7. The lowest BCUT2D eigenvalue weighted by molar-refractivity contribution is -0.116. The highest BCUT2D eigenvalue weighted by molar-refractivity contribution is 9.10. The highest BCUT2D eigenvalue weighted by Gasteiger charge is 2.05. The van der Waals surface area contributed by atoms with Crippen molar-refractivity contribution in [1.29, 1.82) is 0 Å². The monoisotopic (exact) mass is 395 g/mol. The maximum absolute atomic E-state index is 11.9. The van der Waals surface area contributed by atoms with Crippen molar-refractivity contribution in [3.05, 3.63) is 57.5 Å². The van der Waals surface area contributed by atoms with Crippen LogP contribution in [0.4, 0.5) is 5.69 Å². The third-order valence-corrected chi connectivity index (χ3v) is 4.21. The predicted octanol–water partition coefficient (Wildman–Crippen LogP) is 5.46. The Morgan fingerprint density at radius 2 is 1.96 bits per heavy atom. The van der Waals surface area contributed by atoms with Gasteiger partial charge in [0.05, 0.1) is 11.1 Å². The molecule has 2 rings (SSSR count). The second kappa shape index (κ2) is 8.94. The van der Waals surface area contributed by atoms with E-state index in [2.05, 4.69) is 34.2 Å². The fourth-order valence-electron chi connectivity index (χ4n) is 2.05. The number of carbonyl (C=O) groups is 1. The highest BCUT2D eigenvalue weighted by atomic mass is 79.9. The Kier molecular flexibility index (Phi) is 6.93. The van der Waals surface area contributed by atoms with E-state index in [9.17, 15) is 4.79 Å². The van der Waals surface area contributed by atoms with Gasteiger partial charge in [-0.05, 0) is 70.7 Å². The summed E-state index contributed by atoms with van der Waals surface area (Å²) < 4.78 is 6.66. The Balaban J connectivity index is 1.72. The zero-order chi connectivity index (χ0) is 16.7. The quantitative estimate of drug-likeness (QED) is 0.631. The summed E-state index contributed by atoms with van der Waals surface area (Å²) in [4.78, 5) is 11.9. The van der Waals surface area contributed by atoms with Crippen LogP contribution in [0.25, 0.3) is 0 Å². The van der Waals surface area contributed by atoms with E-state index in [4.69, 9.17) is 16.3 Å². The fourth-order valence-corrected chi connectivity index (χ4v) is 2.72. The molecule has 0 saturated carbocycles. The standard InChI is InChI=1S/C18H19BrClNO2/c1-2-13-5-10-17(16(19)12-13)23-11-3-4-18(22)21-15-8-6-14(20)7-9-15/h5-10,12H,2-4,11H2,1H3,(H,21,22). The second-order valence-corrected chi connectivity index (χ2v) is 6.42. The predicted molar refractivity (Wildman–Crippen MR) is 98.3 cm³/mol. The van der Waals surface area contributed by atoms with Gasteiger partial charge in [0.2, 0.25) is 5.91 Å². The lowest BCUT2D eigenvalue weighted by atomic mass is 10.2. The normalized spacial score (nSPS) is 10.4. The minimum absolute atomic E-state index is 0.0312. The van der Waals surface area contributed by atoms with Crippen molar-refractivity contribution in [3.8, 4) is 5.75 Å². The second-order valence-electron chi connectivity index (χ2n) is 5.13. The van der Waals surface area contributed by atoms with Crippen LogP contribution in [-0.4, -0.2) is 12.5 Å². The lowest BCUT2D eigenvalue weighted by Gasteiger charge is -2.09. The van der Waals surface area contributed by atoms with Gasteiger partial charge in [0.15, 0.2) is 0 Å². The topological polar surface area (TPSA) is 38.3 Å². The molecule has 2 aromatic rings. The van der Waals surface area contributed by atoms with Gasteiger partial charge in [0.1, 0.15) is 5.75 Å². The Bertz CT molecular complexity index is 659. The molecule has 1 amide bonds. The fraction of sp³-hybridized carbons (Fsp3) is 0.278. The van der Waals surface area contributed by atoms with E-state index < -0.39 is 0 Å². The van der Waals surface area contributed by atoms with Crippen LogP contribution < -0.4 is 10.1 Å². The van der Waals surface area contributed by atoms with Crippen molar-refractivity contribution >= 4 is 39.1 Å². The molecule has 0 aliphatic rings. The van der Waals surface area contributed by atoms with E-state index >= 15 is 0 Å². The van der Waals surface area contributed by atoms with Crippen LogP contribution in [-0.2, 0) is 11.2 Å². The van der Waals surface area contributed by atoms with Crippen molar-refractivity contribution in [2.75, 3.05) is 11.9 Å². The van der Waals surface area contributed by atoms with Gasteiger partial charge in [0.25, 0.3) is 0 Å². The SMILES string of the molecule is CCc1ccc(OCCCC(=O)Nc2ccc(Cl)cc2)c(Br)c1. The molecule has 3 nitrogen and oxygen atoms in total. The summed E-state index contributed by atoms with van der Waals surface area (Å²) >= 11 is 9.31. The first-order chi connectivity index (χ1) is 11.1. The molecule has 0 aromatic heterocycles. The van der Waals surface area contributed by atoms with E-state index in [0.29, 0.717) is 24.5 Å². The van der Waals surface area contributed by atoms with Crippen molar-refractivity contribution in [3.63, 3.8) is 0 Å². The van der Waals surface area contributed by atoms with Crippen molar-refractivity contribution < 1.29 is 9.53 Å². The molecule has 0 spiro atoms. The first-order valence-electron chi connectivity index (χ1n) is 7.55. The molecule has 0 aliphatic carbocycles. The summed E-state index contributed by atoms with van der Waals surface area (Å²) in [5.41, 5.74) is 2.00. The first kappa shape index (κ1) is 17.8. The molecular formula is C18H19BrClNO2. The largest absolute Gasteiger partial charge is 0.492 e. The van der Waals surface area contributed by atoms with Gasteiger partial charge < -0.3 is 10.1 Å². The maximum atomic E-state index is 11.9. The van der Waals surface area contributed by atoms with Gasteiger partial charge in [-0.2, -0.15) is 0 Å². The number of hydrogen-bond donors (Lipinski definition) is 1. The van der Waals surface area contributed by atoms with Crippen LogP contribution >= 0.6 is 27.5 Å². The maximum Gasteiger partial charge on any atom is 0.224 e. The number of anilines is 1. The average Bonchev–Trinajstić information content (AvgIpc) is 2.55. The summed E-state index contributed by atoms with van der Waals surface area (Å²) in [5, 5.41) is 3.48. The Labute approximate surface area is 150 Å². The molecule has 5 heteroatoms. The molecule has 1 N–H and O–H groups in total. The molecular weight excluding hydrogens is 378 g/mol. The number of hydrogen-bond acceptors (Lipinski definition) is 2. The van der Waals surface area contributed by atoms with E-state index in [1.165, 1.54) is 5.56 Å². The van der Waals surface area contributed by atoms with Crippen LogP contribution in [0.1, 0.15) is 25.3 Å². The van der Waals surface area contributed by atoms with Crippen LogP contribution in [0.3, 0.4) is 0 Å². The highest BCUT2D eigenvalue weighted by Crippen LogP contribution is 2.26. The number of halogens is 2. The van der Waals surface area contributed by atoms with Crippen molar-refractivity contribution in [2.45, 2.75) is 26.2 Å². The number of benzene rings is 2.